The van der Waals surface area contributed by atoms with Gasteiger partial charge in [0.05, 0.1) is 12.0 Å². The quantitative estimate of drug-likeness (QED) is 0.802. The number of nitrogens with zero attached hydrogens (tertiary/aromatic N) is 1. The Bertz CT molecular complexity index is 291. The molecule has 19 heavy (non-hydrogen) atoms. The van der Waals surface area contributed by atoms with Crippen LogP contribution in [0.1, 0.15) is 57.8 Å². The van der Waals surface area contributed by atoms with Crippen LogP contribution < -0.4 is 5.73 Å². The Morgan fingerprint density at radius 3 is 2.42 bits per heavy atom. The maximum absolute atomic E-state index is 12.6. The van der Waals surface area contributed by atoms with Gasteiger partial charge in [-0.3, -0.25) is 4.79 Å². The van der Waals surface area contributed by atoms with Gasteiger partial charge in [0.25, 0.3) is 0 Å². The number of hydrogen-bond acceptors (Lipinski definition) is 3. The minimum Gasteiger partial charge on any atom is -0.378 e. The largest absolute Gasteiger partial charge is 0.378 e. The zero-order valence-electron chi connectivity index (χ0n) is 12.2. The summed E-state index contributed by atoms with van der Waals surface area (Å²) in [6, 6.07) is 0.416. The second kappa shape index (κ2) is 6.71. The molecule has 0 aromatic carbocycles. The van der Waals surface area contributed by atoms with Crippen LogP contribution in [0.3, 0.4) is 0 Å². The van der Waals surface area contributed by atoms with E-state index >= 15 is 0 Å². The van der Waals surface area contributed by atoms with Crippen LogP contribution in [0.2, 0.25) is 0 Å². The Kier molecular flexibility index (Phi) is 5.22. The molecule has 110 valence electrons. The molecule has 0 aromatic heterocycles. The third-order valence-corrected chi connectivity index (χ3v) is 4.88. The zero-order chi connectivity index (χ0) is 13.7. The molecule has 0 unspecified atom stereocenters. The van der Waals surface area contributed by atoms with Crippen LogP contribution in [0.5, 0.6) is 0 Å². The average molecular weight is 268 g/mol. The molecule has 2 rings (SSSR count). The van der Waals surface area contributed by atoms with Crippen molar-refractivity contribution in [3.63, 3.8) is 0 Å². The maximum Gasteiger partial charge on any atom is 0.225 e. The molecule has 0 radical (unpaired) electrons. The topological polar surface area (TPSA) is 55.6 Å². The first kappa shape index (κ1) is 14.8. The molecular formula is C15H28N2O2. The molecule has 2 N–H and O–H groups in total. The van der Waals surface area contributed by atoms with Crippen molar-refractivity contribution in [2.45, 2.75) is 69.4 Å². The fourth-order valence-electron chi connectivity index (χ4n) is 3.44. The fraction of sp³-hybridized carbons (Fsp3) is 0.933. The molecule has 0 spiro atoms. The third kappa shape index (κ3) is 3.48. The number of carbonyl (C=O) groups is 1. The number of carbonyl (C=O) groups excluding carboxylic acids is 1. The van der Waals surface area contributed by atoms with E-state index in [1.54, 1.807) is 7.11 Å². The highest BCUT2D eigenvalue weighted by molar-refractivity contribution is 5.78. The Hall–Kier alpha value is -0.610. The first-order valence-corrected chi connectivity index (χ1v) is 7.75. The second-order valence-corrected chi connectivity index (χ2v) is 6.09. The molecule has 4 nitrogen and oxygen atoms in total. The van der Waals surface area contributed by atoms with E-state index in [0.29, 0.717) is 25.6 Å². The van der Waals surface area contributed by atoms with Crippen LogP contribution in [0.25, 0.3) is 0 Å². The highest BCUT2D eigenvalue weighted by Crippen LogP contribution is 2.38. The van der Waals surface area contributed by atoms with Crippen molar-refractivity contribution >= 4 is 5.91 Å². The molecule has 0 heterocycles. The summed E-state index contributed by atoms with van der Waals surface area (Å²) >= 11 is 0. The van der Waals surface area contributed by atoms with E-state index in [1.165, 1.54) is 25.7 Å². The first-order valence-electron chi connectivity index (χ1n) is 7.75. The monoisotopic (exact) mass is 268 g/mol. The van der Waals surface area contributed by atoms with Crippen molar-refractivity contribution < 1.29 is 9.53 Å². The van der Waals surface area contributed by atoms with Gasteiger partial charge in [0.15, 0.2) is 0 Å². The number of amides is 1. The van der Waals surface area contributed by atoms with E-state index in [-0.39, 0.29) is 11.5 Å². The van der Waals surface area contributed by atoms with Gasteiger partial charge in [-0.2, -0.15) is 0 Å². The van der Waals surface area contributed by atoms with Gasteiger partial charge in [-0.05, 0) is 32.1 Å². The average Bonchev–Trinajstić information content (AvgIpc) is 2.41. The Morgan fingerprint density at radius 2 is 1.95 bits per heavy atom. The number of methoxy groups -OCH3 is 1. The summed E-state index contributed by atoms with van der Waals surface area (Å²) in [6.07, 6.45) is 9.86. The number of ether oxygens (including phenoxy) is 1. The summed E-state index contributed by atoms with van der Waals surface area (Å²) in [7, 11) is 1.74. The number of hydrogen-bond donors (Lipinski definition) is 1. The van der Waals surface area contributed by atoms with Gasteiger partial charge in [-0.15, -0.1) is 0 Å². The van der Waals surface area contributed by atoms with E-state index in [9.17, 15) is 4.79 Å². The van der Waals surface area contributed by atoms with Gasteiger partial charge in [-0.25, -0.2) is 0 Å². The standard InChI is InChI=1S/C15H28N2O2/c1-19-15(8-5-9-15)12-14(18)17(11-10-16)13-6-3-2-4-7-13/h13H,2-12,16H2,1H3. The molecule has 1 amide bonds. The van der Waals surface area contributed by atoms with Gasteiger partial charge in [0.2, 0.25) is 5.91 Å². The summed E-state index contributed by atoms with van der Waals surface area (Å²) in [6.45, 7) is 1.26. The number of rotatable bonds is 6. The van der Waals surface area contributed by atoms with Gasteiger partial charge in [0, 0.05) is 26.2 Å². The minimum atomic E-state index is -0.168. The van der Waals surface area contributed by atoms with E-state index in [4.69, 9.17) is 10.5 Å². The van der Waals surface area contributed by atoms with E-state index in [0.717, 1.165) is 25.7 Å². The molecule has 0 bridgehead atoms. The molecule has 0 aliphatic heterocycles. The highest BCUT2D eigenvalue weighted by atomic mass is 16.5. The lowest BCUT2D eigenvalue weighted by Gasteiger charge is -2.42. The summed E-state index contributed by atoms with van der Waals surface area (Å²) in [4.78, 5) is 14.6. The normalized spacial score (nSPS) is 22.8. The Morgan fingerprint density at radius 1 is 1.26 bits per heavy atom. The van der Waals surface area contributed by atoms with E-state index in [2.05, 4.69) is 0 Å². The summed E-state index contributed by atoms with van der Waals surface area (Å²) in [5.41, 5.74) is 5.52. The van der Waals surface area contributed by atoms with Crippen LogP contribution in [-0.4, -0.2) is 42.6 Å². The van der Waals surface area contributed by atoms with Crippen molar-refractivity contribution in [2.75, 3.05) is 20.2 Å². The van der Waals surface area contributed by atoms with Crippen molar-refractivity contribution in [3.05, 3.63) is 0 Å². The number of nitrogens with two attached hydrogens (primary N) is 1. The zero-order valence-corrected chi connectivity index (χ0v) is 12.2. The molecule has 2 aliphatic rings. The smallest absolute Gasteiger partial charge is 0.225 e. The van der Waals surface area contributed by atoms with Crippen LogP contribution in [0.15, 0.2) is 0 Å². The van der Waals surface area contributed by atoms with Crippen molar-refractivity contribution in [3.8, 4) is 0 Å². The van der Waals surface area contributed by atoms with Crippen LogP contribution in [0.4, 0.5) is 0 Å². The molecule has 2 saturated carbocycles. The van der Waals surface area contributed by atoms with Gasteiger partial charge >= 0.3 is 0 Å². The molecule has 0 aromatic rings. The Balaban J connectivity index is 1.95. The van der Waals surface area contributed by atoms with Gasteiger partial charge in [0.1, 0.15) is 0 Å². The molecule has 4 heteroatoms. The lowest BCUT2D eigenvalue weighted by molar-refractivity contribution is -0.146. The molecule has 0 atom stereocenters. The summed E-state index contributed by atoms with van der Waals surface area (Å²) in [5, 5.41) is 0. The van der Waals surface area contributed by atoms with Crippen LogP contribution in [-0.2, 0) is 9.53 Å². The van der Waals surface area contributed by atoms with Crippen molar-refractivity contribution in [2.24, 2.45) is 5.73 Å². The summed E-state index contributed by atoms with van der Waals surface area (Å²) in [5.74, 6) is 0.249. The van der Waals surface area contributed by atoms with Crippen molar-refractivity contribution in [1.29, 1.82) is 0 Å². The van der Waals surface area contributed by atoms with Gasteiger partial charge in [-0.1, -0.05) is 19.3 Å². The predicted molar refractivity (Wildman–Crippen MR) is 75.8 cm³/mol. The Labute approximate surface area is 116 Å². The van der Waals surface area contributed by atoms with Gasteiger partial charge < -0.3 is 15.4 Å². The maximum atomic E-state index is 12.6. The van der Waals surface area contributed by atoms with Crippen LogP contribution in [0, 0.1) is 0 Å². The molecule has 0 saturated heterocycles. The highest BCUT2D eigenvalue weighted by Gasteiger charge is 2.40. The SMILES string of the molecule is COC1(CC(=O)N(CCN)C2CCCCC2)CCC1. The molecule has 2 aliphatic carbocycles. The van der Waals surface area contributed by atoms with Crippen molar-refractivity contribution in [1.82, 2.24) is 4.90 Å². The third-order valence-electron chi connectivity index (χ3n) is 4.88. The lowest BCUT2D eigenvalue weighted by Crippen LogP contribution is -2.49. The van der Waals surface area contributed by atoms with E-state index < -0.39 is 0 Å². The second-order valence-electron chi connectivity index (χ2n) is 6.09. The minimum absolute atomic E-state index is 0.168. The van der Waals surface area contributed by atoms with Crippen LogP contribution >= 0.6 is 0 Å². The fourth-order valence-corrected chi connectivity index (χ4v) is 3.44. The first-order chi connectivity index (χ1) is 9.21. The predicted octanol–water partition coefficient (Wildman–Crippen LogP) is 2.07. The van der Waals surface area contributed by atoms with E-state index in [1.807, 2.05) is 4.90 Å². The molecular weight excluding hydrogens is 240 g/mol. The molecule has 2 fully saturated rings. The summed E-state index contributed by atoms with van der Waals surface area (Å²) < 4.78 is 5.58. The lowest BCUT2D eigenvalue weighted by atomic mass is 9.77.